The van der Waals surface area contributed by atoms with Gasteiger partial charge in [0.25, 0.3) is 5.56 Å². The number of nitrogens with one attached hydrogen (secondary N) is 2. The van der Waals surface area contributed by atoms with Gasteiger partial charge in [0, 0.05) is 12.3 Å². The summed E-state index contributed by atoms with van der Waals surface area (Å²) in [6, 6.07) is 7.91. The molecule has 2 aromatic rings. The number of halogens is 1. The van der Waals surface area contributed by atoms with Crippen molar-refractivity contribution in [3.8, 4) is 5.75 Å². The van der Waals surface area contributed by atoms with Crippen molar-refractivity contribution < 1.29 is 37.4 Å². The highest BCUT2D eigenvalue weighted by Crippen LogP contribution is 2.47. The van der Waals surface area contributed by atoms with E-state index in [-0.39, 0.29) is 12.4 Å². The van der Waals surface area contributed by atoms with Crippen LogP contribution in [0.1, 0.15) is 39.8 Å². The van der Waals surface area contributed by atoms with Gasteiger partial charge >= 0.3 is 19.4 Å². The predicted octanol–water partition coefficient (Wildman–Crippen LogP) is 2.05. The molecule has 37 heavy (non-hydrogen) atoms. The molecule has 3 rings (SSSR count). The summed E-state index contributed by atoms with van der Waals surface area (Å²) in [5.74, 6) is -0.522. The molecule has 12 nitrogen and oxygen atoms in total. The number of aromatic nitrogens is 2. The molecule has 2 heterocycles. The largest absolute Gasteiger partial charge is 0.465 e. The summed E-state index contributed by atoms with van der Waals surface area (Å²) >= 11 is 0. The second kappa shape index (κ2) is 12.1. The Hall–Kier alpha value is -2.83. The normalized spacial score (nSPS) is 25.8. The van der Waals surface area contributed by atoms with Crippen molar-refractivity contribution in [1.82, 2.24) is 14.6 Å². The second-order valence-corrected chi connectivity index (χ2v) is 10.4. The molecule has 1 aliphatic rings. The molecule has 204 valence electrons. The van der Waals surface area contributed by atoms with Crippen molar-refractivity contribution in [1.29, 1.82) is 0 Å². The molecule has 1 aromatic heterocycles. The summed E-state index contributed by atoms with van der Waals surface area (Å²) in [5.41, 5.74) is -4.11. The van der Waals surface area contributed by atoms with E-state index < -0.39 is 61.7 Å². The molecule has 0 radical (unpaired) electrons. The van der Waals surface area contributed by atoms with E-state index >= 15 is 4.39 Å². The van der Waals surface area contributed by atoms with Crippen molar-refractivity contribution in [3.05, 3.63) is 63.4 Å². The van der Waals surface area contributed by atoms with Crippen molar-refractivity contribution >= 4 is 13.7 Å². The van der Waals surface area contributed by atoms with E-state index in [1.165, 1.54) is 19.1 Å². The van der Waals surface area contributed by atoms with E-state index in [1.54, 1.807) is 18.2 Å². The highest BCUT2D eigenvalue weighted by Gasteiger charge is 2.55. The number of rotatable bonds is 12. The van der Waals surface area contributed by atoms with E-state index in [0.29, 0.717) is 6.42 Å². The lowest BCUT2D eigenvalue weighted by atomic mass is 9.98. The number of benzene rings is 1. The number of carbonyl (C=O) groups excluding carboxylic acids is 1. The zero-order chi connectivity index (χ0) is 27.2. The molecule has 6 atom stereocenters. The van der Waals surface area contributed by atoms with Gasteiger partial charge in [0.15, 0.2) is 11.9 Å². The number of aromatic amines is 1. The maximum Gasteiger partial charge on any atom is 0.459 e. The number of carbonyl (C=O) groups is 1. The summed E-state index contributed by atoms with van der Waals surface area (Å²) in [6.45, 7) is 3.92. The topological polar surface area (TPSA) is 158 Å². The molecule has 1 fully saturated rings. The Labute approximate surface area is 212 Å². The molecule has 1 saturated heterocycles. The standard InChI is InChI=1S/C23H31FN3O9P/c1-4-5-13-33-20(30)15(2)26-37(32,36-16-9-7-6-8-10-16)34-14-17-19(29)23(3,24)21(35-17)27-12-11-18(28)25-22(27)31/h6-12,15,17,19,21,29H,4-5,13-14H2,1-3H3,(H,26,32)(H,25,28,31)/t15-,17+,19+,21+,23-,37?/m0/s1. The third-order valence-corrected chi connectivity index (χ3v) is 7.29. The van der Waals surface area contributed by atoms with Gasteiger partial charge in [-0.1, -0.05) is 31.5 Å². The number of para-hydroxylation sites is 1. The lowest BCUT2D eigenvalue weighted by Gasteiger charge is -2.25. The van der Waals surface area contributed by atoms with Gasteiger partial charge in [0.1, 0.15) is 24.0 Å². The Morgan fingerprint density at radius 2 is 2.03 bits per heavy atom. The van der Waals surface area contributed by atoms with Crippen LogP contribution in [0.15, 0.2) is 52.2 Å². The average Bonchev–Trinajstić information content (AvgIpc) is 3.07. The minimum Gasteiger partial charge on any atom is -0.465 e. The zero-order valence-electron chi connectivity index (χ0n) is 20.7. The highest BCUT2D eigenvalue weighted by atomic mass is 31.2. The van der Waals surface area contributed by atoms with E-state index in [4.69, 9.17) is 18.5 Å². The van der Waals surface area contributed by atoms with Crippen molar-refractivity contribution in [3.63, 3.8) is 0 Å². The van der Waals surface area contributed by atoms with Crippen LogP contribution in [0.4, 0.5) is 4.39 Å². The molecule has 1 aromatic carbocycles. The van der Waals surface area contributed by atoms with Crippen LogP contribution in [0.2, 0.25) is 0 Å². The minimum absolute atomic E-state index is 0.158. The first-order chi connectivity index (χ1) is 17.5. The van der Waals surface area contributed by atoms with Crippen LogP contribution in [-0.2, 0) is 23.4 Å². The van der Waals surface area contributed by atoms with Gasteiger partial charge in [-0.05, 0) is 32.4 Å². The lowest BCUT2D eigenvalue weighted by Crippen LogP contribution is -2.43. The van der Waals surface area contributed by atoms with Crippen molar-refractivity contribution in [2.24, 2.45) is 0 Å². The average molecular weight is 543 g/mol. The first kappa shape index (κ1) is 28.7. The number of nitrogens with zero attached hydrogens (tertiary/aromatic N) is 1. The maximum absolute atomic E-state index is 15.5. The van der Waals surface area contributed by atoms with Crippen LogP contribution in [0.25, 0.3) is 0 Å². The number of esters is 1. The fraction of sp³-hybridized carbons (Fsp3) is 0.522. The fourth-order valence-corrected chi connectivity index (χ4v) is 5.08. The molecule has 0 bridgehead atoms. The number of aliphatic hydroxyl groups excluding tert-OH is 1. The number of H-pyrrole nitrogens is 1. The van der Waals surface area contributed by atoms with Crippen LogP contribution in [0, 0.1) is 0 Å². The fourth-order valence-electron chi connectivity index (χ4n) is 3.58. The summed E-state index contributed by atoms with van der Waals surface area (Å²) in [5, 5.41) is 13.1. The van der Waals surface area contributed by atoms with Gasteiger partial charge in [0.2, 0.25) is 0 Å². The van der Waals surface area contributed by atoms with E-state index in [0.717, 1.165) is 30.2 Å². The molecular formula is C23H31FN3O9P. The predicted molar refractivity (Wildman–Crippen MR) is 130 cm³/mol. The molecule has 3 N–H and O–H groups in total. The quantitative estimate of drug-likeness (QED) is 0.206. The Bertz CT molecular complexity index is 1220. The third kappa shape index (κ3) is 7.14. The molecule has 14 heteroatoms. The van der Waals surface area contributed by atoms with Gasteiger partial charge in [-0.2, -0.15) is 5.09 Å². The number of hydrogen-bond acceptors (Lipinski definition) is 9. The molecule has 1 unspecified atom stereocenters. The summed E-state index contributed by atoms with van der Waals surface area (Å²) < 4.78 is 51.6. The van der Waals surface area contributed by atoms with Crippen molar-refractivity contribution in [2.45, 2.75) is 63.8 Å². The monoisotopic (exact) mass is 543 g/mol. The molecular weight excluding hydrogens is 512 g/mol. The number of alkyl halides is 1. The van der Waals surface area contributed by atoms with E-state index in [9.17, 15) is 24.1 Å². The second-order valence-electron chi connectivity index (χ2n) is 8.71. The first-order valence-electron chi connectivity index (χ1n) is 11.7. The van der Waals surface area contributed by atoms with Gasteiger partial charge in [-0.25, -0.2) is 13.8 Å². The van der Waals surface area contributed by atoms with Crippen LogP contribution in [0.3, 0.4) is 0 Å². The highest BCUT2D eigenvalue weighted by molar-refractivity contribution is 7.52. The van der Waals surface area contributed by atoms with Crippen molar-refractivity contribution in [2.75, 3.05) is 13.2 Å². The van der Waals surface area contributed by atoms with Crippen LogP contribution >= 0.6 is 7.75 Å². The van der Waals surface area contributed by atoms with Gasteiger partial charge < -0.3 is 19.1 Å². The Balaban J connectivity index is 1.77. The molecule has 0 aliphatic carbocycles. The number of ether oxygens (including phenoxy) is 2. The summed E-state index contributed by atoms with van der Waals surface area (Å²) in [6.07, 6.45) is -2.30. The van der Waals surface area contributed by atoms with E-state index in [2.05, 4.69) is 5.09 Å². The van der Waals surface area contributed by atoms with Gasteiger partial charge in [-0.3, -0.25) is 23.7 Å². The van der Waals surface area contributed by atoms with Gasteiger partial charge in [-0.15, -0.1) is 0 Å². The summed E-state index contributed by atoms with van der Waals surface area (Å²) in [4.78, 5) is 37.8. The first-order valence-corrected chi connectivity index (χ1v) is 13.3. The molecule has 0 amide bonds. The zero-order valence-corrected chi connectivity index (χ0v) is 21.6. The number of unbranched alkanes of at least 4 members (excludes halogenated alkanes) is 1. The minimum atomic E-state index is -4.30. The molecule has 1 aliphatic heterocycles. The van der Waals surface area contributed by atoms with Crippen LogP contribution < -0.4 is 20.9 Å². The lowest BCUT2D eigenvalue weighted by molar-refractivity contribution is -0.145. The smallest absolute Gasteiger partial charge is 0.459 e. The van der Waals surface area contributed by atoms with Gasteiger partial charge in [0.05, 0.1) is 13.2 Å². The van der Waals surface area contributed by atoms with Crippen LogP contribution in [0.5, 0.6) is 5.75 Å². The maximum atomic E-state index is 15.5. The number of aliphatic hydroxyl groups is 1. The Kier molecular flexibility index (Phi) is 9.43. The Morgan fingerprint density at radius 1 is 1.32 bits per heavy atom. The van der Waals surface area contributed by atoms with E-state index in [1.807, 2.05) is 11.9 Å². The summed E-state index contributed by atoms with van der Waals surface area (Å²) in [7, 11) is -4.30. The Morgan fingerprint density at radius 3 is 2.68 bits per heavy atom. The molecule has 0 saturated carbocycles. The third-order valence-electron chi connectivity index (χ3n) is 5.65. The molecule has 0 spiro atoms. The SMILES string of the molecule is CCCCOC(=O)[C@H](C)NP(=O)(OC[C@H]1O[C@@H](n2ccc(=O)[nH]c2=O)[C@@](C)(F)[C@@H]1O)Oc1ccccc1. The number of hydrogen-bond donors (Lipinski definition) is 3. The van der Waals surface area contributed by atoms with Crippen LogP contribution in [-0.4, -0.2) is 57.8 Å².